The summed E-state index contributed by atoms with van der Waals surface area (Å²) < 4.78 is 0. The minimum Gasteiger partial charge on any atom is -0.480 e. The van der Waals surface area contributed by atoms with E-state index in [2.05, 4.69) is 41.2 Å². The first-order valence-electron chi connectivity index (χ1n) is 15.4. The number of nitrogens with one attached hydrogen (secondary N) is 3. The van der Waals surface area contributed by atoms with Gasteiger partial charge in [-0.2, -0.15) is 25.3 Å². The summed E-state index contributed by atoms with van der Waals surface area (Å²) in [4.78, 5) is 73.2. The Bertz CT molecular complexity index is 1150. The van der Waals surface area contributed by atoms with Crippen molar-refractivity contribution >= 4 is 79.0 Å². The van der Waals surface area contributed by atoms with Gasteiger partial charge in [0.05, 0.1) is 30.7 Å². The maximum Gasteiger partial charge on any atom is 0.394 e. The van der Waals surface area contributed by atoms with Gasteiger partial charge in [-0.15, -0.1) is 11.8 Å². The average molecular weight is 864 g/mol. The van der Waals surface area contributed by atoms with Crippen LogP contribution in [0.25, 0.3) is 0 Å². The summed E-state index contributed by atoms with van der Waals surface area (Å²) >= 11 is 8.75. The molecule has 1 saturated heterocycles. The van der Waals surface area contributed by atoms with E-state index in [1.165, 1.54) is 0 Å². The Balaban J connectivity index is -0.000000333. The largest absolute Gasteiger partial charge is 0.480 e. The van der Waals surface area contributed by atoms with Crippen molar-refractivity contribution in [1.82, 2.24) is 16.0 Å². The van der Waals surface area contributed by atoms with Crippen molar-refractivity contribution in [2.75, 3.05) is 37.0 Å². The fourth-order valence-electron chi connectivity index (χ4n) is 3.19. The van der Waals surface area contributed by atoms with Crippen molar-refractivity contribution in [2.24, 2.45) is 11.5 Å². The van der Waals surface area contributed by atoms with Crippen LogP contribution in [0.3, 0.4) is 0 Å². The van der Waals surface area contributed by atoms with Gasteiger partial charge in [-0.1, -0.05) is 0 Å². The van der Waals surface area contributed by atoms with Gasteiger partial charge in [-0.3, -0.25) is 29.3 Å². The molecule has 0 radical (unpaired) electrons. The zero-order valence-corrected chi connectivity index (χ0v) is 31.6. The van der Waals surface area contributed by atoms with Crippen molar-refractivity contribution in [3.8, 4) is 0 Å². The first-order chi connectivity index (χ1) is 25.1. The highest BCUT2D eigenvalue weighted by Gasteiger charge is 2.38. The van der Waals surface area contributed by atoms with Gasteiger partial charge in [-0.05, 0) is 6.42 Å². The second-order valence-electron chi connectivity index (χ2n) is 10.8. The van der Waals surface area contributed by atoms with Crippen LogP contribution in [0.1, 0.15) is 19.3 Å². The molecule has 1 rings (SSSR count). The number of carbonyl (C=O) groups is 7. The minimum atomic E-state index is -1.62. The number of aliphatic hydroxyl groups excluding tert-OH is 8. The SMILES string of the molecule is NC(CCC(=O)NC(CS)CNC(=O)C(=O)O)C(=O)O.NC(CS)C(=O)O.O.O=C(O)C1CSC(C(O)C(O)C(O)CO)N1.O=CCC(O)C(O)C(O)CO. The molecule has 1 heterocycles. The van der Waals surface area contributed by atoms with E-state index in [0.29, 0.717) is 6.29 Å². The van der Waals surface area contributed by atoms with Crippen molar-refractivity contribution in [3.63, 3.8) is 0 Å². The highest BCUT2D eigenvalue weighted by Crippen LogP contribution is 2.24. The minimum absolute atomic E-state index is 0. The van der Waals surface area contributed by atoms with Gasteiger partial charge in [0.1, 0.15) is 54.9 Å². The lowest BCUT2D eigenvalue weighted by Gasteiger charge is -2.25. The Morgan fingerprint density at radius 2 is 1.33 bits per heavy atom. The molecule has 0 bridgehead atoms. The molecule has 0 aromatic rings. The number of thiol groups is 2. The van der Waals surface area contributed by atoms with E-state index < -0.39 is 115 Å². The lowest BCUT2D eigenvalue weighted by molar-refractivity contribution is -0.150. The van der Waals surface area contributed by atoms with E-state index in [1.807, 2.05) is 0 Å². The molecule has 2 amide bonds. The highest BCUT2D eigenvalue weighted by atomic mass is 32.2. The lowest BCUT2D eigenvalue weighted by atomic mass is 10.1. The molecule has 28 heteroatoms. The third-order valence-electron chi connectivity index (χ3n) is 6.46. The topological polar surface area (TPSA) is 482 Å². The van der Waals surface area contributed by atoms with E-state index in [9.17, 15) is 43.8 Å². The summed E-state index contributed by atoms with van der Waals surface area (Å²) in [6.07, 6.45) is -8.41. The standard InChI is InChI=1S/C10H17N3O6S.C8H15NO6S.C6H12O5.C3H7NO2S.H2O/c11-6(9(16)17)1-2-7(14)13-5(4-20)3-12-8(15)10(18)19;10-1-4(11)5(12)6(13)7-9-3(2-16-7)8(14)15;7-2-1-4(9)6(11)5(10)3-8;4-2(1-7)3(5)6;/h5-6,20H,1-4,11H2,(H,12,15)(H,13,14)(H,16,17)(H,18,19);3-7,9-13H,1-2H2,(H,14,15);2,4-6,8-11H,1,3H2;2,7H,1,4H2,(H,5,6);1H2. The number of aldehydes is 1. The number of aliphatic carboxylic acids is 4. The molecular formula is C27H53N5O20S3. The van der Waals surface area contributed by atoms with Crippen molar-refractivity contribution in [2.45, 2.75) is 85.4 Å². The van der Waals surface area contributed by atoms with Gasteiger partial charge in [0.2, 0.25) is 5.91 Å². The van der Waals surface area contributed by atoms with Gasteiger partial charge in [0, 0.05) is 36.6 Å². The van der Waals surface area contributed by atoms with Gasteiger partial charge >= 0.3 is 29.8 Å². The summed E-state index contributed by atoms with van der Waals surface area (Å²) in [5, 5.41) is 112. The molecule has 0 aliphatic carbocycles. The van der Waals surface area contributed by atoms with Gasteiger partial charge in [0.25, 0.3) is 0 Å². The molecule has 11 unspecified atom stereocenters. The third-order valence-corrected chi connectivity index (χ3v) is 8.60. The Labute approximate surface area is 328 Å². The van der Waals surface area contributed by atoms with E-state index in [1.54, 1.807) is 0 Å². The number of carboxylic acid groups (broad SMARTS) is 4. The van der Waals surface area contributed by atoms with Gasteiger partial charge < -0.3 is 93.6 Å². The number of aliphatic hydroxyl groups is 8. The normalized spacial score (nSPS) is 19.3. The van der Waals surface area contributed by atoms with Crippen molar-refractivity contribution < 1.29 is 100 Å². The molecule has 1 aliphatic heterocycles. The number of carbonyl (C=O) groups excluding carboxylic acids is 3. The molecule has 0 spiro atoms. The molecule has 324 valence electrons. The summed E-state index contributed by atoms with van der Waals surface area (Å²) in [6.45, 7) is -1.40. The van der Waals surface area contributed by atoms with E-state index in [0.717, 1.165) is 11.8 Å². The van der Waals surface area contributed by atoms with Crippen LogP contribution < -0.4 is 27.4 Å². The van der Waals surface area contributed by atoms with E-state index >= 15 is 0 Å². The number of hydrogen-bond donors (Lipinski definition) is 19. The molecule has 21 N–H and O–H groups in total. The fraction of sp³-hybridized carbons (Fsp3) is 0.741. The van der Waals surface area contributed by atoms with Gasteiger partial charge in [0.15, 0.2) is 0 Å². The molecule has 11 atom stereocenters. The lowest BCUT2D eigenvalue weighted by Crippen LogP contribution is -2.50. The number of thioether (sulfide) groups is 1. The third kappa shape index (κ3) is 27.3. The van der Waals surface area contributed by atoms with E-state index in [-0.39, 0.29) is 48.5 Å². The molecular weight excluding hydrogens is 811 g/mol. The Morgan fingerprint density at radius 3 is 1.69 bits per heavy atom. The van der Waals surface area contributed by atoms with Crippen LogP contribution in [-0.2, 0) is 33.6 Å². The van der Waals surface area contributed by atoms with Crippen LogP contribution in [0.5, 0.6) is 0 Å². The summed E-state index contributed by atoms with van der Waals surface area (Å²) in [7, 11) is 0. The predicted molar refractivity (Wildman–Crippen MR) is 196 cm³/mol. The van der Waals surface area contributed by atoms with Crippen LogP contribution >= 0.6 is 37.0 Å². The quantitative estimate of drug-likeness (QED) is 0.0307. The number of amides is 2. The smallest absolute Gasteiger partial charge is 0.394 e. The number of hydrogen-bond acceptors (Lipinski definition) is 21. The number of carboxylic acids is 4. The average Bonchev–Trinajstić information content (AvgIpc) is 3.65. The zero-order valence-electron chi connectivity index (χ0n) is 29.0. The molecule has 55 heavy (non-hydrogen) atoms. The summed E-state index contributed by atoms with van der Waals surface area (Å²) in [6, 6.07) is -3.27. The Hall–Kier alpha value is -2.94. The molecule has 1 fully saturated rings. The zero-order chi connectivity index (χ0) is 42.7. The van der Waals surface area contributed by atoms with Crippen LogP contribution in [0.4, 0.5) is 0 Å². The first-order valence-corrected chi connectivity index (χ1v) is 17.7. The monoisotopic (exact) mass is 863 g/mol. The fourth-order valence-corrected chi connectivity index (χ4v) is 4.83. The van der Waals surface area contributed by atoms with E-state index in [4.69, 9.17) is 62.5 Å². The molecule has 0 aromatic carbocycles. The molecule has 25 nitrogen and oxygen atoms in total. The van der Waals surface area contributed by atoms with Crippen LogP contribution in [0.15, 0.2) is 0 Å². The molecule has 0 aromatic heterocycles. The molecule has 0 saturated carbocycles. The second-order valence-corrected chi connectivity index (χ2v) is 12.7. The first kappa shape index (κ1) is 58.8. The van der Waals surface area contributed by atoms with Crippen LogP contribution in [0.2, 0.25) is 0 Å². The van der Waals surface area contributed by atoms with Crippen LogP contribution in [-0.4, -0.2) is 212 Å². The summed E-state index contributed by atoms with van der Waals surface area (Å²) in [5.41, 5.74) is 10.2. The van der Waals surface area contributed by atoms with Crippen molar-refractivity contribution in [1.29, 1.82) is 0 Å². The Morgan fingerprint density at radius 1 is 0.818 bits per heavy atom. The maximum absolute atomic E-state index is 11.5. The number of rotatable bonds is 20. The van der Waals surface area contributed by atoms with Gasteiger partial charge in [-0.25, -0.2) is 4.79 Å². The highest BCUT2D eigenvalue weighted by molar-refractivity contribution is 8.00. The molecule has 1 aliphatic rings. The Kier molecular flexibility index (Phi) is 35.5. The predicted octanol–water partition coefficient (Wildman–Crippen LogP) is -8.88. The van der Waals surface area contributed by atoms with Crippen molar-refractivity contribution in [3.05, 3.63) is 0 Å². The maximum atomic E-state index is 11.5. The number of nitrogens with two attached hydrogens (primary N) is 2. The second kappa shape index (κ2) is 33.2. The summed E-state index contributed by atoms with van der Waals surface area (Å²) in [5.74, 6) is -5.84. The van der Waals surface area contributed by atoms with Crippen LogP contribution in [0, 0.1) is 0 Å².